The lowest BCUT2D eigenvalue weighted by Crippen LogP contribution is -2.19. The molecule has 0 aromatic carbocycles. The number of hydrogen-bond acceptors (Lipinski definition) is 6. The van der Waals surface area contributed by atoms with Gasteiger partial charge in [0.1, 0.15) is 5.82 Å². The van der Waals surface area contributed by atoms with E-state index in [1.54, 1.807) is 6.20 Å². The van der Waals surface area contributed by atoms with Crippen molar-refractivity contribution in [3.05, 3.63) is 35.2 Å². The molecular formula is C18H25N5O. The summed E-state index contributed by atoms with van der Waals surface area (Å²) in [6, 6.07) is 4.26. The number of aromatic nitrogens is 3. The lowest BCUT2D eigenvalue weighted by molar-refractivity contribution is 0.324. The Morgan fingerprint density at radius 2 is 1.96 bits per heavy atom. The summed E-state index contributed by atoms with van der Waals surface area (Å²) in [4.78, 5) is 15.8. The summed E-state index contributed by atoms with van der Waals surface area (Å²) in [5, 5.41) is 3.28. The molecule has 3 rings (SSSR count). The molecule has 6 heteroatoms. The average Bonchev–Trinajstić information content (AvgIpc) is 3.10. The van der Waals surface area contributed by atoms with Crippen LogP contribution in [0.5, 0.6) is 5.88 Å². The lowest BCUT2D eigenvalue weighted by atomic mass is 10.2. The monoisotopic (exact) mass is 327 g/mol. The predicted octanol–water partition coefficient (Wildman–Crippen LogP) is 3.10. The number of nitrogens with one attached hydrogen (secondary N) is 1. The van der Waals surface area contributed by atoms with Crippen LogP contribution in [0.1, 0.15) is 36.6 Å². The van der Waals surface area contributed by atoms with E-state index in [0.717, 1.165) is 30.2 Å². The minimum Gasteiger partial charge on any atom is -0.478 e. The molecule has 1 saturated heterocycles. The van der Waals surface area contributed by atoms with Gasteiger partial charge in [0, 0.05) is 37.1 Å². The van der Waals surface area contributed by atoms with Gasteiger partial charge in [-0.15, -0.1) is 0 Å². The molecule has 6 nitrogen and oxygen atoms in total. The fraction of sp³-hybridized carbons (Fsp3) is 0.500. The second kappa shape index (κ2) is 7.47. The molecule has 1 N–H and O–H groups in total. The van der Waals surface area contributed by atoms with Gasteiger partial charge in [0.25, 0.3) is 0 Å². The minimum absolute atomic E-state index is 0.584. The van der Waals surface area contributed by atoms with Crippen LogP contribution < -0.4 is 15.0 Å². The van der Waals surface area contributed by atoms with Gasteiger partial charge in [-0.2, -0.15) is 4.98 Å². The second-order valence-corrected chi connectivity index (χ2v) is 6.14. The van der Waals surface area contributed by atoms with Gasteiger partial charge in [0.05, 0.1) is 6.61 Å². The lowest BCUT2D eigenvalue weighted by Gasteiger charge is -2.18. The van der Waals surface area contributed by atoms with Crippen LogP contribution in [0.15, 0.2) is 18.3 Å². The van der Waals surface area contributed by atoms with Gasteiger partial charge in [0.2, 0.25) is 11.8 Å². The maximum Gasteiger partial charge on any atom is 0.226 e. The molecular weight excluding hydrogens is 302 g/mol. The van der Waals surface area contributed by atoms with Crippen molar-refractivity contribution >= 4 is 11.8 Å². The van der Waals surface area contributed by atoms with Gasteiger partial charge in [-0.3, -0.25) is 0 Å². The number of anilines is 2. The van der Waals surface area contributed by atoms with Gasteiger partial charge in [-0.1, -0.05) is 0 Å². The zero-order chi connectivity index (χ0) is 16.9. The maximum atomic E-state index is 5.53. The van der Waals surface area contributed by atoms with Crippen LogP contribution in [0.4, 0.5) is 11.8 Å². The Morgan fingerprint density at radius 3 is 2.71 bits per heavy atom. The zero-order valence-electron chi connectivity index (χ0n) is 14.7. The molecule has 1 fully saturated rings. The fourth-order valence-electron chi connectivity index (χ4n) is 2.91. The smallest absolute Gasteiger partial charge is 0.226 e. The van der Waals surface area contributed by atoms with Crippen molar-refractivity contribution < 1.29 is 4.74 Å². The van der Waals surface area contributed by atoms with Crippen molar-refractivity contribution in [1.29, 1.82) is 0 Å². The van der Waals surface area contributed by atoms with Gasteiger partial charge in [-0.25, -0.2) is 9.97 Å². The molecule has 0 aliphatic carbocycles. The highest BCUT2D eigenvalue weighted by Crippen LogP contribution is 2.21. The molecule has 0 bridgehead atoms. The number of hydrogen-bond donors (Lipinski definition) is 1. The fourth-order valence-corrected chi connectivity index (χ4v) is 2.91. The van der Waals surface area contributed by atoms with Crippen molar-refractivity contribution in [3.8, 4) is 5.88 Å². The Bertz CT molecular complexity index is 698. The van der Waals surface area contributed by atoms with Crippen LogP contribution in [0.2, 0.25) is 0 Å². The first kappa shape index (κ1) is 16.5. The van der Waals surface area contributed by atoms with E-state index < -0.39 is 0 Å². The molecule has 0 unspecified atom stereocenters. The van der Waals surface area contributed by atoms with Gasteiger partial charge in [-0.05, 0) is 51.3 Å². The van der Waals surface area contributed by atoms with Crippen LogP contribution in [-0.4, -0.2) is 34.6 Å². The van der Waals surface area contributed by atoms with E-state index >= 15 is 0 Å². The van der Waals surface area contributed by atoms with Crippen molar-refractivity contribution in [2.75, 3.05) is 29.9 Å². The third kappa shape index (κ3) is 3.93. The first-order valence-electron chi connectivity index (χ1n) is 8.58. The van der Waals surface area contributed by atoms with Crippen LogP contribution >= 0.6 is 0 Å². The molecule has 0 amide bonds. The zero-order valence-corrected chi connectivity index (χ0v) is 14.7. The summed E-state index contributed by atoms with van der Waals surface area (Å²) in [7, 11) is 0. The highest BCUT2D eigenvalue weighted by Gasteiger charge is 2.14. The molecule has 1 aliphatic rings. The molecule has 0 radical (unpaired) electrons. The summed E-state index contributed by atoms with van der Waals surface area (Å²) in [6.07, 6.45) is 4.29. The van der Waals surface area contributed by atoms with Crippen molar-refractivity contribution in [3.63, 3.8) is 0 Å². The van der Waals surface area contributed by atoms with E-state index in [1.807, 2.05) is 20.8 Å². The van der Waals surface area contributed by atoms with Crippen LogP contribution in [0.3, 0.4) is 0 Å². The summed E-state index contributed by atoms with van der Waals surface area (Å²) in [6.45, 7) is 9.40. The van der Waals surface area contributed by atoms with Crippen molar-refractivity contribution in [2.24, 2.45) is 0 Å². The molecule has 24 heavy (non-hydrogen) atoms. The Morgan fingerprint density at radius 1 is 1.17 bits per heavy atom. The average molecular weight is 327 g/mol. The SMILES string of the molecule is CCOc1nc(NCc2cc(C)nc(N3CCCC3)c2)ncc1C. The van der Waals surface area contributed by atoms with E-state index in [2.05, 4.69) is 37.3 Å². The van der Waals surface area contributed by atoms with E-state index in [0.29, 0.717) is 25.0 Å². The molecule has 2 aromatic heterocycles. The van der Waals surface area contributed by atoms with E-state index in [4.69, 9.17) is 4.74 Å². The summed E-state index contributed by atoms with van der Waals surface area (Å²) in [5.41, 5.74) is 3.17. The molecule has 0 spiro atoms. The summed E-state index contributed by atoms with van der Waals surface area (Å²) >= 11 is 0. The standard InChI is InChI=1S/C18H25N5O/c1-4-24-17-13(2)11-19-18(22-17)20-12-15-9-14(3)21-16(10-15)23-7-5-6-8-23/h9-11H,4-8,12H2,1-3H3,(H,19,20,22). The van der Waals surface area contributed by atoms with Gasteiger partial charge in [0.15, 0.2) is 0 Å². The van der Waals surface area contributed by atoms with E-state index in [-0.39, 0.29) is 0 Å². The van der Waals surface area contributed by atoms with Crippen LogP contribution in [0, 0.1) is 13.8 Å². The third-order valence-electron chi connectivity index (χ3n) is 4.09. The third-order valence-corrected chi connectivity index (χ3v) is 4.09. The largest absolute Gasteiger partial charge is 0.478 e. The van der Waals surface area contributed by atoms with Gasteiger partial charge < -0.3 is 15.0 Å². The number of pyridine rings is 1. The van der Waals surface area contributed by atoms with E-state index in [1.165, 1.54) is 18.4 Å². The highest BCUT2D eigenvalue weighted by atomic mass is 16.5. The highest BCUT2D eigenvalue weighted by molar-refractivity contribution is 5.44. The molecule has 0 saturated carbocycles. The Hall–Kier alpha value is -2.37. The Balaban J connectivity index is 1.71. The summed E-state index contributed by atoms with van der Waals surface area (Å²) in [5.74, 6) is 2.30. The number of aryl methyl sites for hydroxylation is 2. The number of ether oxygens (including phenoxy) is 1. The molecule has 2 aromatic rings. The maximum absolute atomic E-state index is 5.53. The van der Waals surface area contributed by atoms with E-state index in [9.17, 15) is 0 Å². The van der Waals surface area contributed by atoms with Crippen LogP contribution in [0.25, 0.3) is 0 Å². The predicted molar refractivity (Wildman–Crippen MR) is 95.7 cm³/mol. The normalized spacial score (nSPS) is 14.0. The molecule has 1 aliphatic heterocycles. The molecule has 3 heterocycles. The van der Waals surface area contributed by atoms with Crippen molar-refractivity contribution in [2.45, 2.75) is 40.2 Å². The Kier molecular flexibility index (Phi) is 5.13. The first-order valence-corrected chi connectivity index (χ1v) is 8.58. The van der Waals surface area contributed by atoms with Gasteiger partial charge >= 0.3 is 0 Å². The number of rotatable bonds is 6. The quantitative estimate of drug-likeness (QED) is 0.879. The minimum atomic E-state index is 0.584. The molecule has 0 atom stereocenters. The molecule has 128 valence electrons. The van der Waals surface area contributed by atoms with Crippen LogP contribution in [-0.2, 0) is 6.54 Å². The first-order chi connectivity index (χ1) is 11.7. The Labute approximate surface area is 143 Å². The summed E-state index contributed by atoms with van der Waals surface area (Å²) < 4.78 is 5.53. The second-order valence-electron chi connectivity index (χ2n) is 6.14. The number of nitrogens with zero attached hydrogens (tertiary/aromatic N) is 4. The topological polar surface area (TPSA) is 63.2 Å². The van der Waals surface area contributed by atoms with Crippen molar-refractivity contribution in [1.82, 2.24) is 15.0 Å².